The molecule has 0 aliphatic rings. The van der Waals surface area contributed by atoms with Crippen LogP contribution in [0, 0.1) is 6.92 Å². The van der Waals surface area contributed by atoms with E-state index in [9.17, 15) is 4.79 Å². The number of aryl methyl sites for hydroxylation is 1. The smallest absolute Gasteiger partial charge is 0.320 e. The van der Waals surface area contributed by atoms with Crippen LogP contribution in [0.2, 0.25) is 0 Å². The van der Waals surface area contributed by atoms with E-state index >= 15 is 0 Å². The average molecular weight is 264 g/mol. The van der Waals surface area contributed by atoms with Gasteiger partial charge in [0.1, 0.15) is 6.04 Å². The molecule has 0 fully saturated rings. The number of carboxylic acid groups (broad SMARTS) is 1. The highest BCUT2D eigenvalue weighted by molar-refractivity contribution is 5.73. The molecule has 1 rings (SSSR count). The number of hydrogen-bond acceptors (Lipinski definition) is 3. The second-order valence-corrected chi connectivity index (χ2v) is 5.94. The fourth-order valence-corrected chi connectivity index (χ4v) is 1.81. The molecule has 0 heterocycles. The summed E-state index contributed by atoms with van der Waals surface area (Å²) in [5, 5.41) is 11.9. The molecule has 19 heavy (non-hydrogen) atoms. The first-order chi connectivity index (χ1) is 8.71. The monoisotopic (exact) mass is 264 g/mol. The number of carbonyl (C=O) groups is 1. The summed E-state index contributed by atoms with van der Waals surface area (Å²) in [6.45, 7) is 9.15. The van der Waals surface area contributed by atoms with Gasteiger partial charge in [-0.1, -0.05) is 32.9 Å². The van der Waals surface area contributed by atoms with E-state index < -0.39 is 12.0 Å². The number of aliphatic carboxylic acids is 1. The molecule has 1 aromatic rings. The zero-order valence-electron chi connectivity index (χ0n) is 12.2. The summed E-state index contributed by atoms with van der Waals surface area (Å²) in [7, 11) is 0. The number of anilines is 1. The van der Waals surface area contributed by atoms with Crippen LogP contribution in [0.5, 0.6) is 0 Å². The number of rotatable bonds is 5. The first-order valence-corrected chi connectivity index (χ1v) is 6.55. The maximum absolute atomic E-state index is 10.6. The zero-order valence-corrected chi connectivity index (χ0v) is 12.2. The van der Waals surface area contributed by atoms with Crippen molar-refractivity contribution < 1.29 is 9.90 Å². The molecule has 0 aromatic heterocycles. The fourth-order valence-electron chi connectivity index (χ4n) is 1.81. The molecular weight excluding hydrogens is 240 g/mol. The maximum Gasteiger partial charge on any atom is 0.320 e. The van der Waals surface area contributed by atoms with E-state index in [0.29, 0.717) is 13.0 Å². The van der Waals surface area contributed by atoms with E-state index in [1.807, 2.05) is 6.07 Å². The van der Waals surface area contributed by atoms with Crippen molar-refractivity contribution in [1.82, 2.24) is 0 Å². The molecule has 0 aliphatic carbocycles. The van der Waals surface area contributed by atoms with Crippen LogP contribution < -0.4 is 11.1 Å². The Balaban J connectivity index is 2.63. The minimum Gasteiger partial charge on any atom is -0.480 e. The number of nitrogens with two attached hydrogens (primary N) is 1. The van der Waals surface area contributed by atoms with Gasteiger partial charge in [0.2, 0.25) is 0 Å². The fraction of sp³-hybridized carbons (Fsp3) is 0.533. The van der Waals surface area contributed by atoms with E-state index in [1.54, 1.807) is 0 Å². The summed E-state index contributed by atoms with van der Waals surface area (Å²) in [5.74, 6) is -0.957. The minimum absolute atomic E-state index is 0.134. The second kappa shape index (κ2) is 6.06. The van der Waals surface area contributed by atoms with Crippen LogP contribution in [0.25, 0.3) is 0 Å². The number of benzene rings is 1. The quantitative estimate of drug-likeness (QED) is 0.764. The lowest BCUT2D eigenvalue weighted by Gasteiger charge is -2.21. The molecular formula is C15H24N2O2. The second-order valence-electron chi connectivity index (χ2n) is 5.94. The van der Waals surface area contributed by atoms with Crippen LogP contribution >= 0.6 is 0 Å². The van der Waals surface area contributed by atoms with Crippen molar-refractivity contribution in [2.45, 2.75) is 45.6 Å². The third-order valence-electron chi connectivity index (χ3n) is 3.18. The van der Waals surface area contributed by atoms with Crippen LogP contribution in [0.15, 0.2) is 18.2 Å². The van der Waals surface area contributed by atoms with Gasteiger partial charge in [-0.3, -0.25) is 4.79 Å². The summed E-state index contributed by atoms with van der Waals surface area (Å²) in [5.41, 5.74) is 9.08. The lowest BCUT2D eigenvalue weighted by Crippen LogP contribution is -2.32. The molecule has 0 saturated carbocycles. The number of hydrogen-bond donors (Lipinski definition) is 3. The third kappa shape index (κ3) is 4.56. The Morgan fingerprint density at radius 3 is 2.53 bits per heavy atom. The van der Waals surface area contributed by atoms with Crippen LogP contribution in [0.4, 0.5) is 5.69 Å². The molecule has 0 spiro atoms. The lowest BCUT2D eigenvalue weighted by molar-refractivity contribution is -0.138. The van der Waals surface area contributed by atoms with E-state index in [4.69, 9.17) is 10.8 Å². The van der Waals surface area contributed by atoms with Gasteiger partial charge >= 0.3 is 5.97 Å². The van der Waals surface area contributed by atoms with Crippen molar-refractivity contribution in [3.8, 4) is 0 Å². The van der Waals surface area contributed by atoms with Gasteiger partial charge in [0, 0.05) is 12.2 Å². The predicted molar refractivity (Wildman–Crippen MR) is 78.6 cm³/mol. The van der Waals surface area contributed by atoms with E-state index in [2.05, 4.69) is 45.1 Å². The van der Waals surface area contributed by atoms with Crippen molar-refractivity contribution in [1.29, 1.82) is 0 Å². The summed E-state index contributed by atoms with van der Waals surface area (Å²) < 4.78 is 0. The van der Waals surface area contributed by atoms with E-state index in [1.165, 1.54) is 5.56 Å². The summed E-state index contributed by atoms with van der Waals surface area (Å²) in [4.78, 5) is 10.6. The van der Waals surface area contributed by atoms with E-state index in [0.717, 1.165) is 11.3 Å². The number of nitrogens with one attached hydrogen (secondary N) is 1. The summed E-state index contributed by atoms with van der Waals surface area (Å²) in [6.07, 6.45) is 0.412. The average Bonchev–Trinajstić information content (AvgIpc) is 2.29. The first-order valence-electron chi connectivity index (χ1n) is 6.55. The van der Waals surface area contributed by atoms with Gasteiger partial charge in [-0.2, -0.15) is 0 Å². The molecule has 4 heteroatoms. The molecule has 0 aliphatic heterocycles. The molecule has 1 atom stereocenters. The van der Waals surface area contributed by atoms with Gasteiger partial charge in [-0.05, 0) is 36.0 Å². The standard InChI is InChI=1S/C15H24N2O2/c1-10-9-11(15(2,3)4)5-6-13(10)17-8-7-12(16)14(18)19/h5-6,9,12,17H,7-8,16H2,1-4H3,(H,18,19). The van der Waals surface area contributed by atoms with Crippen molar-refractivity contribution in [2.75, 3.05) is 11.9 Å². The molecule has 4 N–H and O–H groups in total. The van der Waals surface area contributed by atoms with E-state index in [-0.39, 0.29) is 5.41 Å². The van der Waals surface area contributed by atoms with Gasteiger partial charge < -0.3 is 16.2 Å². The van der Waals surface area contributed by atoms with Crippen LogP contribution in [0.3, 0.4) is 0 Å². The molecule has 1 unspecified atom stereocenters. The van der Waals surface area contributed by atoms with Gasteiger partial charge in [0.25, 0.3) is 0 Å². The molecule has 0 radical (unpaired) electrons. The Morgan fingerprint density at radius 2 is 2.05 bits per heavy atom. The molecule has 4 nitrogen and oxygen atoms in total. The van der Waals surface area contributed by atoms with Crippen molar-refractivity contribution in [3.05, 3.63) is 29.3 Å². The van der Waals surface area contributed by atoms with Crippen LogP contribution in [0.1, 0.15) is 38.3 Å². The predicted octanol–water partition coefficient (Wildman–Crippen LogP) is 2.51. The van der Waals surface area contributed by atoms with Gasteiger partial charge in [-0.25, -0.2) is 0 Å². The summed E-state index contributed by atoms with van der Waals surface area (Å²) in [6, 6.07) is 5.51. The molecule has 106 valence electrons. The topological polar surface area (TPSA) is 75.3 Å². The van der Waals surface area contributed by atoms with Crippen molar-refractivity contribution in [3.63, 3.8) is 0 Å². The highest BCUT2D eigenvalue weighted by Gasteiger charge is 2.14. The lowest BCUT2D eigenvalue weighted by atomic mass is 9.86. The largest absolute Gasteiger partial charge is 0.480 e. The SMILES string of the molecule is Cc1cc(C(C)(C)C)ccc1NCCC(N)C(=O)O. The Hall–Kier alpha value is -1.55. The van der Waals surface area contributed by atoms with Gasteiger partial charge in [0.05, 0.1) is 0 Å². The normalized spacial score (nSPS) is 13.1. The Labute approximate surface area is 115 Å². The van der Waals surface area contributed by atoms with Crippen molar-refractivity contribution in [2.24, 2.45) is 5.73 Å². The molecule has 1 aromatic carbocycles. The third-order valence-corrected chi connectivity index (χ3v) is 3.18. The first kappa shape index (κ1) is 15.5. The maximum atomic E-state index is 10.6. The van der Waals surface area contributed by atoms with Crippen LogP contribution in [-0.2, 0) is 10.2 Å². The van der Waals surface area contributed by atoms with Gasteiger partial charge in [0.15, 0.2) is 0 Å². The highest BCUT2D eigenvalue weighted by atomic mass is 16.4. The van der Waals surface area contributed by atoms with Crippen LogP contribution in [-0.4, -0.2) is 23.7 Å². The van der Waals surface area contributed by atoms with Gasteiger partial charge in [-0.15, -0.1) is 0 Å². The Kier molecular flexibility index (Phi) is 4.95. The number of carboxylic acids is 1. The minimum atomic E-state index is -0.957. The summed E-state index contributed by atoms with van der Waals surface area (Å²) >= 11 is 0. The highest BCUT2D eigenvalue weighted by Crippen LogP contribution is 2.26. The molecule has 0 amide bonds. The van der Waals surface area contributed by atoms with Crippen molar-refractivity contribution >= 4 is 11.7 Å². The molecule has 0 bridgehead atoms. The Morgan fingerprint density at radius 1 is 1.42 bits per heavy atom. The molecule has 0 saturated heterocycles. The Bertz CT molecular complexity index is 450. The zero-order chi connectivity index (χ0) is 14.6.